The van der Waals surface area contributed by atoms with Gasteiger partial charge in [0.25, 0.3) is 0 Å². The summed E-state index contributed by atoms with van der Waals surface area (Å²) >= 11 is 3.42. The summed E-state index contributed by atoms with van der Waals surface area (Å²) in [5.41, 5.74) is 0.779. The van der Waals surface area contributed by atoms with E-state index in [0.29, 0.717) is 12.6 Å². The lowest BCUT2D eigenvalue weighted by Crippen LogP contribution is -2.37. The minimum atomic E-state index is -0.108. The van der Waals surface area contributed by atoms with Gasteiger partial charge in [0, 0.05) is 29.2 Å². The third-order valence-corrected chi connectivity index (χ3v) is 4.08. The van der Waals surface area contributed by atoms with Crippen molar-refractivity contribution >= 4 is 15.9 Å². The maximum Gasteiger partial charge on any atom is 0.127 e. The lowest BCUT2D eigenvalue weighted by atomic mass is 10.1. The summed E-state index contributed by atoms with van der Waals surface area (Å²) in [5.74, 6) is -0.108. The first-order valence-electron chi connectivity index (χ1n) is 7.08. The second kappa shape index (κ2) is 7.36. The van der Waals surface area contributed by atoms with Gasteiger partial charge < -0.3 is 5.32 Å². The fraction of sp³-hybridized carbons (Fsp3) is 0.600. The average Bonchev–Trinajstić information content (AvgIpc) is 2.87. The van der Waals surface area contributed by atoms with Gasteiger partial charge in [-0.1, -0.05) is 22.9 Å². The van der Waals surface area contributed by atoms with E-state index in [1.807, 2.05) is 6.07 Å². The molecule has 0 amide bonds. The van der Waals surface area contributed by atoms with E-state index in [2.05, 4.69) is 33.1 Å². The molecule has 0 spiro atoms. The molecule has 0 bridgehead atoms. The zero-order valence-electron chi connectivity index (χ0n) is 11.5. The molecule has 19 heavy (non-hydrogen) atoms. The molecule has 1 atom stereocenters. The van der Waals surface area contributed by atoms with Gasteiger partial charge in [-0.25, -0.2) is 4.39 Å². The van der Waals surface area contributed by atoms with Crippen LogP contribution in [0.3, 0.4) is 0 Å². The Labute approximate surface area is 123 Å². The lowest BCUT2D eigenvalue weighted by Gasteiger charge is -2.25. The van der Waals surface area contributed by atoms with Crippen molar-refractivity contribution < 1.29 is 4.39 Å². The van der Waals surface area contributed by atoms with Crippen LogP contribution in [0.2, 0.25) is 0 Å². The van der Waals surface area contributed by atoms with Crippen LogP contribution in [0.1, 0.15) is 31.7 Å². The summed E-state index contributed by atoms with van der Waals surface area (Å²) in [7, 11) is 0. The topological polar surface area (TPSA) is 15.3 Å². The molecule has 2 nitrogen and oxygen atoms in total. The van der Waals surface area contributed by atoms with Gasteiger partial charge in [-0.3, -0.25) is 4.90 Å². The van der Waals surface area contributed by atoms with E-state index in [4.69, 9.17) is 0 Å². The number of hydrogen-bond donors (Lipinski definition) is 1. The van der Waals surface area contributed by atoms with Gasteiger partial charge in [-0.2, -0.15) is 0 Å². The lowest BCUT2D eigenvalue weighted by molar-refractivity contribution is 0.238. The Balaban J connectivity index is 2.00. The van der Waals surface area contributed by atoms with E-state index >= 15 is 0 Å². The van der Waals surface area contributed by atoms with Gasteiger partial charge in [0.2, 0.25) is 0 Å². The fourth-order valence-electron chi connectivity index (χ4n) is 2.68. The maximum absolute atomic E-state index is 13.8. The molecule has 1 saturated heterocycles. The van der Waals surface area contributed by atoms with Crippen molar-refractivity contribution in [3.8, 4) is 0 Å². The SMILES string of the molecule is CCCN(Cc1cc(Br)ccc1F)CC1CCCN1. The molecule has 1 N–H and O–H groups in total. The molecule has 0 aliphatic carbocycles. The van der Waals surface area contributed by atoms with E-state index < -0.39 is 0 Å². The van der Waals surface area contributed by atoms with Crippen LogP contribution in [0.15, 0.2) is 22.7 Å². The number of nitrogens with one attached hydrogen (secondary N) is 1. The van der Waals surface area contributed by atoms with Crippen LogP contribution in [0, 0.1) is 5.82 Å². The summed E-state index contributed by atoms with van der Waals surface area (Å²) in [5, 5.41) is 3.51. The van der Waals surface area contributed by atoms with E-state index in [0.717, 1.165) is 36.1 Å². The molecule has 1 unspecified atom stereocenters. The zero-order valence-corrected chi connectivity index (χ0v) is 13.0. The second-order valence-electron chi connectivity index (χ2n) is 5.26. The van der Waals surface area contributed by atoms with E-state index in [1.165, 1.54) is 18.9 Å². The molecule has 1 aromatic rings. The zero-order chi connectivity index (χ0) is 13.7. The quantitative estimate of drug-likeness (QED) is 0.859. The smallest absolute Gasteiger partial charge is 0.127 e. The van der Waals surface area contributed by atoms with Gasteiger partial charge in [-0.15, -0.1) is 0 Å². The number of hydrogen-bond acceptors (Lipinski definition) is 2. The maximum atomic E-state index is 13.8. The number of benzene rings is 1. The highest BCUT2D eigenvalue weighted by Gasteiger charge is 2.18. The first-order valence-corrected chi connectivity index (χ1v) is 7.88. The molecule has 0 radical (unpaired) electrons. The van der Waals surface area contributed by atoms with Crippen LogP contribution in [0.25, 0.3) is 0 Å². The Morgan fingerprint density at radius 3 is 3.00 bits per heavy atom. The molecule has 4 heteroatoms. The minimum Gasteiger partial charge on any atom is -0.313 e. The highest BCUT2D eigenvalue weighted by atomic mass is 79.9. The van der Waals surface area contributed by atoms with Crippen molar-refractivity contribution in [3.63, 3.8) is 0 Å². The molecule has 1 aromatic carbocycles. The van der Waals surface area contributed by atoms with Crippen LogP contribution in [0.4, 0.5) is 4.39 Å². The minimum absolute atomic E-state index is 0.108. The van der Waals surface area contributed by atoms with Gasteiger partial charge in [0.15, 0.2) is 0 Å². The second-order valence-corrected chi connectivity index (χ2v) is 6.18. The van der Waals surface area contributed by atoms with Crippen molar-refractivity contribution in [2.24, 2.45) is 0 Å². The molecule has 1 aliphatic heterocycles. The van der Waals surface area contributed by atoms with Gasteiger partial charge in [0.05, 0.1) is 0 Å². The first-order chi connectivity index (χ1) is 9.19. The number of nitrogens with zero attached hydrogens (tertiary/aromatic N) is 1. The molecule has 1 heterocycles. The van der Waals surface area contributed by atoms with Gasteiger partial charge >= 0.3 is 0 Å². The average molecular weight is 329 g/mol. The number of rotatable bonds is 6. The summed E-state index contributed by atoms with van der Waals surface area (Å²) in [6.45, 7) is 6.02. The van der Waals surface area contributed by atoms with E-state index in [-0.39, 0.29) is 5.82 Å². The summed E-state index contributed by atoms with van der Waals surface area (Å²) < 4.78 is 14.8. The largest absolute Gasteiger partial charge is 0.313 e. The van der Waals surface area contributed by atoms with Gasteiger partial charge in [-0.05, 0) is 50.6 Å². The molecule has 0 aromatic heterocycles. The van der Waals surface area contributed by atoms with Crippen LogP contribution in [-0.4, -0.2) is 30.6 Å². The summed E-state index contributed by atoms with van der Waals surface area (Å²) in [4.78, 5) is 2.36. The predicted molar refractivity (Wildman–Crippen MR) is 80.7 cm³/mol. The first kappa shape index (κ1) is 14.9. The van der Waals surface area contributed by atoms with Crippen LogP contribution < -0.4 is 5.32 Å². The molecule has 1 aliphatic rings. The van der Waals surface area contributed by atoms with Crippen molar-refractivity contribution in [2.75, 3.05) is 19.6 Å². The Bertz CT molecular complexity index is 405. The number of halogens is 2. The monoisotopic (exact) mass is 328 g/mol. The summed E-state index contributed by atoms with van der Waals surface area (Å²) in [6.07, 6.45) is 3.60. The Hall–Kier alpha value is -0.450. The molecular formula is C15H22BrFN2. The highest BCUT2D eigenvalue weighted by molar-refractivity contribution is 9.10. The van der Waals surface area contributed by atoms with Crippen LogP contribution in [-0.2, 0) is 6.54 Å². The Kier molecular flexibility index (Phi) is 5.79. The van der Waals surface area contributed by atoms with E-state index in [9.17, 15) is 4.39 Å². The third-order valence-electron chi connectivity index (χ3n) is 3.58. The molecular weight excluding hydrogens is 307 g/mol. The molecule has 2 rings (SSSR count). The van der Waals surface area contributed by atoms with Crippen LogP contribution in [0.5, 0.6) is 0 Å². The van der Waals surface area contributed by atoms with Crippen molar-refractivity contribution in [2.45, 2.75) is 38.8 Å². The normalized spacial score (nSPS) is 19.3. The van der Waals surface area contributed by atoms with Crippen molar-refractivity contribution in [1.82, 2.24) is 10.2 Å². The third kappa shape index (κ3) is 4.55. The van der Waals surface area contributed by atoms with Gasteiger partial charge in [0.1, 0.15) is 5.82 Å². The molecule has 106 valence electrons. The molecule has 1 fully saturated rings. The summed E-state index contributed by atoms with van der Waals surface area (Å²) in [6, 6.07) is 5.75. The fourth-order valence-corrected chi connectivity index (χ4v) is 3.09. The van der Waals surface area contributed by atoms with Crippen molar-refractivity contribution in [3.05, 3.63) is 34.1 Å². The highest BCUT2D eigenvalue weighted by Crippen LogP contribution is 2.18. The Morgan fingerprint density at radius 2 is 2.32 bits per heavy atom. The standard InChI is InChI=1S/C15H22BrFN2/c1-2-8-19(11-14-4-3-7-18-14)10-12-9-13(16)5-6-15(12)17/h5-6,9,14,18H,2-4,7-8,10-11H2,1H3. The van der Waals surface area contributed by atoms with Crippen LogP contribution >= 0.6 is 15.9 Å². The Morgan fingerprint density at radius 1 is 1.47 bits per heavy atom. The van der Waals surface area contributed by atoms with E-state index in [1.54, 1.807) is 6.07 Å². The predicted octanol–water partition coefficient (Wildman–Crippen LogP) is 3.55. The molecule has 0 saturated carbocycles. The van der Waals surface area contributed by atoms with Crippen molar-refractivity contribution in [1.29, 1.82) is 0 Å².